The molecule has 0 bridgehead atoms. The van der Waals surface area contributed by atoms with Gasteiger partial charge in [0.15, 0.2) is 11.5 Å². The number of rotatable bonds is 7. The highest BCUT2D eigenvalue weighted by Gasteiger charge is 2.14. The third-order valence-electron chi connectivity index (χ3n) is 4.33. The van der Waals surface area contributed by atoms with Gasteiger partial charge in [-0.2, -0.15) is 5.26 Å². The largest absolute Gasteiger partial charge is 0.493 e. The molecule has 0 heterocycles. The van der Waals surface area contributed by atoms with Crippen molar-refractivity contribution in [1.82, 2.24) is 0 Å². The molecule has 0 aliphatic carbocycles. The number of halogens is 3. The third kappa shape index (κ3) is 6.22. The van der Waals surface area contributed by atoms with Crippen LogP contribution >= 0.6 is 34.2 Å². The smallest absolute Gasteiger partial charge is 0.266 e. The van der Waals surface area contributed by atoms with Gasteiger partial charge in [0, 0.05) is 9.26 Å². The Hall–Kier alpha value is -3.09. The Morgan fingerprint density at radius 3 is 2.50 bits per heavy atom. The number of nitrogens with one attached hydrogen (secondary N) is 1. The Labute approximate surface area is 203 Å². The lowest BCUT2D eigenvalue weighted by atomic mass is 10.1. The number of benzene rings is 3. The molecule has 0 unspecified atom stereocenters. The van der Waals surface area contributed by atoms with E-state index in [4.69, 9.17) is 21.1 Å². The summed E-state index contributed by atoms with van der Waals surface area (Å²) in [4.78, 5) is 12.5. The van der Waals surface area contributed by atoms with E-state index in [1.807, 2.05) is 18.2 Å². The fraction of sp³-hybridized carbons (Fsp3) is 0.0833. The van der Waals surface area contributed by atoms with Crippen molar-refractivity contribution >= 4 is 51.9 Å². The van der Waals surface area contributed by atoms with E-state index in [9.17, 15) is 14.4 Å². The van der Waals surface area contributed by atoms with Crippen molar-refractivity contribution < 1.29 is 18.7 Å². The summed E-state index contributed by atoms with van der Waals surface area (Å²) < 4.78 is 25.2. The highest BCUT2D eigenvalue weighted by atomic mass is 127. The maximum atomic E-state index is 13.1. The minimum atomic E-state index is -0.541. The lowest BCUT2D eigenvalue weighted by Crippen LogP contribution is -2.13. The van der Waals surface area contributed by atoms with Crippen molar-refractivity contribution in [3.05, 3.63) is 91.8 Å². The molecule has 0 fully saturated rings. The van der Waals surface area contributed by atoms with Crippen molar-refractivity contribution in [2.45, 2.75) is 6.61 Å². The first-order valence-electron chi connectivity index (χ1n) is 9.33. The van der Waals surface area contributed by atoms with Crippen LogP contribution in [-0.4, -0.2) is 13.0 Å². The number of hydrogen-bond acceptors (Lipinski definition) is 4. The molecule has 1 amide bonds. The molecule has 1 N–H and O–H groups in total. The Balaban J connectivity index is 1.80. The molecule has 0 aromatic heterocycles. The molecule has 0 aliphatic heterocycles. The zero-order valence-electron chi connectivity index (χ0n) is 16.9. The SMILES string of the molecule is COc1cc(/C=C(\C#N)C(=O)Nc2ccc(I)cc2)cc(Cl)c1OCc1ccc(F)cc1. The van der Waals surface area contributed by atoms with Crippen LogP contribution in [0.2, 0.25) is 5.02 Å². The predicted octanol–water partition coefficient (Wildman–Crippen LogP) is 6.22. The summed E-state index contributed by atoms with van der Waals surface area (Å²) in [5, 5.41) is 12.4. The number of methoxy groups -OCH3 is 1. The van der Waals surface area contributed by atoms with Crippen LogP contribution in [0, 0.1) is 20.7 Å². The number of nitriles is 1. The molecule has 3 aromatic carbocycles. The van der Waals surface area contributed by atoms with Crippen LogP contribution in [0.4, 0.5) is 10.1 Å². The molecule has 0 spiro atoms. The summed E-state index contributed by atoms with van der Waals surface area (Å²) in [6.07, 6.45) is 1.42. The van der Waals surface area contributed by atoms with Crippen LogP contribution in [-0.2, 0) is 11.4 Å². The maximum absolute atomic E-state index is 13.1. The first kappa shape index (κ1) is 23.6. The molecular formula is C24H17ClFIN2O3. The highest BCUT2D eigenvalue weighted by Crippen LogP contribution is 2.37. The van der Waals surface area contributed by atoms with Crippen LogP contribution in [0.5, 0.6) is 11.5 Å². The topological polar surface area (TPSA) is 71.3 Å². The monoisotopic (exact) mass is 562 g/mol. The van der Waals surface area contributed by atoms with E-state index in [1.54, 1.807) is 36.4 Å². The van der Waals surface area contributed by atoms with Crippen LogP contribution in [0.15, 0.2) is 66.2 Å². The molecule has 8 heteroatoms. The van der Waals surface area contributed by atoms with Gasteiger partial charge in [-0.1, -0.05) is 23.7 Å². The Kier molecular flexibility index (Phi) is 8.09. The predicted molar refractivity (Wildman–Crippen MR) is 130 cm³/mol. The summed E-state index contributed by atoms with van der Waals surface area (Å²) in [5.41, 5.74) is 1.74. The van der Waals surface area contributed by atoms with Gasteiger partial charge in [0.2, 0.25) is 0 Å². The Morgan fingerprint density at radius 2 is 1.88 bits per heavy atom. The standard InChI is InChI=1S/C24H17ClFIN2O3/c1-31-22-12-16(10-17(13-28)24(30)29-20-8-6-19(27)7-9-20)11-21(25)23(22)32-14-15-2-4-18(26)5-3-15/h2-12H,14H2,1H3,(H,29,30)/b17-10+. The molecule has 0 saturated carbocycles. The fourth-order valence-electron chi connectivity index (χ4n) is 2.75. The van der Waals surface area contributed by atoms with Crippen molar-refractivity contribution in [3.8, 4) is 17.6 Å². The second kappa shape index (κ2) is 11.0. The Bertz CT molecular complexity index is 1190. The number of anilines is 1. The van der Waals surface area contributed by atoms with Gasteiger partial charge in [-0.05, 0) is 88.3 Å². The van der Waals surface area contributed by atoms with Crippen LogP contribution in [0.3, 0.4) is 0 Å². The van der Waals surface area contributed by atoms with Gasteiger partial charge in [-0.3, -0.25) is 4.79 Å². The summed E-state index contributed by atoms with van der Waals surface area (Å²) in [5.74, 6) is -0.237. The van der Waals surface area contributed by atoms with E-state index in [2.05, 4.69) is 27.9 Å². The van der Waals surface area contributed by atoms with Crippen LogP contribution in [0.25, 0.3) is 6.08 Å². The lowest BCUT2D eigenvalue weighted by Gasteiger charge is -2.13. The summed E-state index contributed by atoms with van der Waals surface area (Å²) in [6.45, 7) is 0.160. The summed E-state index contributed by atoms with van der Waals surface area (Å²) in [6, 6.07) is 18.2. The molecule has 162 valence electrons. The van der Waals surface area contributed by atoms with Crippen molar-refractivity contribution in [3.63, 3.8) is 0 Å². The molecule has 5 nitrogen and oxygen atoms in total. The van der Waals surface area contributed by atoms with Gasteiger partial charge >= 0.3 is 0 Å². The molecule has 0 aliphatic rings. The molecule has 0 saturated heterocycles. The number of carbonyl (C=O) groups excluding carboxylic acids is 1. The van der Waals surface area contributed by atoms with Crippen LogP contribution in [0.1, 0.15) is 11.1 Å². The van der Waals surface area contributed by atoms with E-state index in [1.165, 1.54) is 25.3 Å². The van der Waals surface area contributed by atoms with E-state index in [-0.39, 0.29) is 23.0 Å². The lowest BCUT2D eigenvalue weighted by molar-refractivity contribution is -0.112. The van der Waals surface area contributed by atoms with E-state index in [0.717, 1.165) is 9.13 Å². The number of amides is 1. The zero-order valence-corrected chi connectivity index (χ0v) is 19.8. The summed E-state index contributed by atoms with van der Waals surface area (Å²) >= 11 is 8.54. The number of carbonyl (C=O) groups is 1. The normalized spacial score (nSPS) is 10.9. The number of nitrogens with zero attached hydrogens (tertiary/aromatic N) is 1. The maximum Gasteiger partial charge on any atom is 0.266 e. The van der Waals surface area contributed by atoms with Gasteiger partial charge in [-0.15, -0.1) is 0 Å². The van der Waals surface area contributed by atoms with E-state index >= 15 is 0 Å². The van der Waals surface area contributed by atoms with Crippen LogP contribution < -0.4 is 14.8 Å². The first-order valence-corrected chi connectivity index (χ1v) is 10.8. The third-order valence-corrected chi connectivity index (χ3v) is 5.33. The Morgan fingerprint density at radius 1 is 1.19 bits per heavy atom. The van der Waals surface area contributed by atoms with Crippen molar-refractivity contribution in [1.29, 1.82) is 5.26 Å². The number of ether oxygens (including phenoxy) is 2. The quantitative estimate of drug-likeness (QED) is 0.211. The molecular weight excluding hydrogens is 546 g/mol. The second-order valence-electron chi connectivity index (χ2n) is 6.58. The minimum absolute atomic E-state index is 0.0957. The van der Waals surface area contributed by atoms with E-state index < -0.39 is 5.91 Å². The molecule has 3 rings (SSSR count). The van der Waals surface area contributed by atoms with Gasteiger partial charge in [0.05, 0.1) is 12.1 Å². The van der Waals surface area contributed by atoms with E-state index in [0.29, 0.717) is 22.7 Å². The van der Waals surface area contributed by atoms with Gasteiger partial charge in [0.25, 0.3) is 5.91 Å². The fourth-order valence-corrected chi connectivity index (χ4v) is 3.38. The zero-order chi connectivity index (χ0) is 23.1. The minimum Gasteiger partial charge on any atom is -0.493 e. The average Bonchev–Trinajstić information content (AvgIpc) is 2.79. The summed E-state index contributed by atoms with van der Waals surface area (Å²) in [7, 11) is 1.46. The molecule has 3 aromatic rings. The highest BCUT2D eigenvalue weighted by molar-refractivity contribution is 14.1. The molecule has 0 atom stereocenters. The molecule has 32 heavy (non-hydrogen) atoms. The van der Waals surface area contributed by atoms with Gasteiger partial charge < -0.3 is 14.8 Å². The number of hydrogen-bond donors (Lipinski definition) is 1. The average molecular weight is 563 g/mol. The second-order valence-corrected chi connectivity index (χ2v) is 8.23. The van der Waals surface area contributed by atoms with Crippen molar-refractivity contribution in [2.75, 3.05) is 12.4 Å². The molecule has 0 radical (unpaired) electrons. The van der Waals surface area contributed by atoms with Gasteiger partial charge in [-0.25, -0.2) is 4.39 Å². The van der Waals surface area contributed by atoms with Crippen molar-refractivity contribution in [2.24, 2.45) is 0 Å². The van der Waals surface area contributed by atoms with Gasteiger partial charge in [0.1, 0.15) is 24.1 Å². The first-order chi connectivity index (χ1) is 15.4.